The van der Waals surface area contributed by atoms with Crippen molar-refractivity contribution in [3.63, 3.8) is 0 Å². The SMILES string of the molecule is CC1CNCCN1S(=O)(=O)C1CCCCC1.Cl. The maximum Gasteiger partial charge on any atom is 0.217 e. The van der Waals surface area contributed by atoms with E-state index in [1.807, 2.05) is 6.92 Å². The second kappa shape index (κ2) is 6.36. The molecule has 17 heavy (non-hydrogen) atoms. The lowest BCUT2D eigenvalue weighted by Gasteiger charge is -2.36. The number of rotatable bonds is 2. The summed E-state index contributed by atoms with van der Waals surface area (Å²) in [5.74, 6) is 0. The highest BCUT2D eigenvalue weighted by molar-refractivity contribution is 7.89. The van der Waals surface area contributed by atoms with Gasteiger partial charge in [-0.25, -0.2) is 8.42 Å². The van der Waals surface area contributed by atoms with Crippen LogP contribution in [0.3, 0.4) is 0 Å². The van der Waals surface area contributed by atoms with E-state index in [1.165, 1.54) is 6.42 Å². The van der Waals surface area contributed by atoms with E-state index in [0.29, 0.717) is 6.54 Å². The predicted octanol–water partition coefficient (Wildman–Crippen LogP) is 1.36. The summed E-state index contributed by atoms with van der Waals surface area (Å²) in [6.45, 7) is 4.20. The van der Waals surface area contributed by atoms with Gasteiger partial charge in [0.25, 0.3) is 0 Å². The van der Waals surface area contributed by atoms with Crippen molar-refractivity contribution < 1.29 is 8.42 Å². The van der Waals surface area contributed by atoms with Gasteiger partial charge < -0.3 is 5.32 Å². The van der Waals surface area contributed by atoms with Crippen molar-refractivity contribution in [1.82, 2.24) is 9.62 Å². The van der Waals surface area contributed by atoms with Crippen LogP contribution in [0.2, 0.25) is 0 Å². The van der Waals surface area contributed by atoms with E-state index in [1.54, 1.807) is 4.31 Å². The lowest BCUT2D eigenvalue weighted by Crippen LogP contribution is -2.54. The van der Waals surface area contributed by atoms with E-state index in [0.717, 1.165) is 38.8 Å². The molecular weight excluding hydrogens is 260 g/mol. The van der Waals surface area contributed by atoms with Crippen LogP contribution in [-0.4, -0.2) is 43.6 Å². The van der Waals surface area contributed by atoms with Crippen molar-refractivity contribution in [2.24, 2.45) is 0 Å². The molecule has 102 valence electrons. The van der Waals surface area contributed by atoms with Gasteiger partial charge in [-0.05, 0) is 19.8 Å². The fourth-order valence-electron chi connectivity index (χ4n) is 2.75. The highest BCUT2D eigenvalue weighted by atomic mass is 35.5. The molecule has 1 atom stereocenters. The molecular formula is C11H23ClN2O2S. The van der Waals surface area contributed by atoms with Gasteiger partial charge in [-0.3, -0.25) is 0 Å². The van der Waals surface area contributed by atoms with Gasteiger partial charge in [0.1, 0.15) is 0 Å². The molecule has 2 aliphatic rings. The molecule has 2 rings (SSSR count). The molecule has 0 amide bonds. The molecule has 1 heterocycles. The fourth-order valence-corrected chi connectivity index (χ4v) is 4.99. The van der Waals surface area contributed by atoms with Crippen LogP contribution in [0, 0.1) is 0 Å². The minimum Gasteiger partial charge on any atom is -0.314 e. The maximum atomic E-state index is 12.4. The summed E-state index contributed by atoms with van der Waals surface area (Å²) >= 11 is 0. The van der Waals surface area contributed by atoms with Gasteiger partial charge in [0.05, 0.1) is 5.25 Å². The molecule has 1 unspecified atom stereocenters. The minimum atomic E-state index is -3.04. The van der Waals surface area contributed by atoms with Crippen molar-refractivity contribution >= 4 is 22.4 Å². The molecule has 0 aromatic heterocycles. The third-order valence-corrected chi connectivity index (χ3v) is 6.25. The molecule has 0 bridgehead atoms. The van der Waals surface area contributed by atoms with Crippen LogP contribution in [0.4, 0.5) is 0 Å². The highest BCUT2D eigenvalue weighted by Crippen LogP contribution is 2.27. The molecule has 1 saturated heterocycles. The Bertz CT molecular complexity index is 328. The van der Waals surface area contributed by atoms with Crippen molar-refractivity contribution in [3.8, 4) is 0 Å². The fraction of sp³-hybridized carbons (Fsp3) is 1.00. The molecule has 0 aromatic carbocycles. The topological polar surface area (TPSA) is 49.4 Å². The zero-order chi connectivity index (χ0) is 11.6. The zero-order valence-electron chi connectivity index (χ0n) is 10.4. The Labute approximate surface area is 111 Å². The number of nitrogens with one attached hydrogen (secondary N) is 1. The second-order valence-corrected chi connectivity index (χ2v) is 7.13. The summed E-state index contributed by atoms with van der Waals surface area (Å²) in [5, 5.41) is 3.12. The summed E-state index contributed by atoms with van der Waals surface area (Å²) < 4.78 is 26.6. The maximum absolute atomic E-state index is 12.4. The summed E-state index contributed by atoms with van der Waals surface area (Å²) in [7, 11) is -3.04. The van der Waals surface area contributed by atoms with E-state index < -0.39 is 10.0 Å². The van der Waals surface area contributed by atoms with Gasteiger partial charge in [0.15, 0.2) is 0 Å². The smallest absolute Gasteiger partial charge is 0.217 e. The van der Waals surface area contributed by atoms with Crippen LogP contribution in [0.5, 0.6) is 0 Å². The second-order valence-electron chi connectivity index (χ2n) is 4.97. The van der Waals surface area contributed by atoms with E-state index >= 15 is 0 Å². The van der Waals surface area contributed by atoms with E-state index in [9.17, 15) is 8.42 Å². The van der Waals surface area contributed by atoms with Gasteiger partial charge in [-0.1, -0.05) is 19.3 Å². The highest BCUT2D eigenvalue weighted by Gasteiger charge is 2.36. The molecule has 1 saturated carbocycles. The Morgan fingerprint density at radius 1 is 1.18 bits per heavy atom. The van der Waals surface area contributed by atoms with Crippen LogP contribution in [0.15, 0.2) is 0 Å². The van der Waals surface area contributed by atoms with Crippen molar-refractivity contribution in [2.75, 3.05) is 19.6 Å². The van der Waals surface area contributed by atoms with E-state index in [4.69, 9.17) is 0 Å². The molecule has 1 aliphatic carbocycles. The normalized spacial score (nSPS) is 28.6. The Balaban J connectivity index is 0.00000144. The number of piperazine rings is 1. The summed E-state index contributed by atoms with van der Waals surface area (Å²) in [6, 6.07) is 0.112. The van der Waals surface area contributed by atoms with E-state index in [2.05, 4.69) is 5.32 Å². The van der Waals surface area contributed by atoms with Crippen molar-refractivity contribution in [1.29, 1.82) is 0 Å². The lowest BCUT2D eigenvalue weighted by atomic mass is 10.0. The van der Waals surface area contributed by atoms with Crippen LogP contribution in [0.1, 0.15) is 39.0 Å². The molecule has 4 nitrogen and oxygen atoms in total. The molecule has 0 spiro atoms. The van der Waals surface area contributed by atoms with Gasteiger partial charge in [0.2, 0.25) is 10.0 Å². The summed E-state index contributed by atoms with van der Waals surface area (Å²) in [5.41, 5.74) is 0. The average Bonchev–Trinajstić information content (AvgIpc) is 2.30. The van der Waals surface area contributed by atoms with Crippen LogP contribution < -0.4 is 5.32 Å². The predicted molar refractivity (Wildman–Crippen MR) is 72.1 cm³/mol. The monoisotopic (exact) mass is 282 g/mol. The quantitative estimate of drug-likeness (QED) is 0.832. The molecule has 6 heteroatoms. The van der Waals surface area contributed by atoms with Gasteiger partial charge in [-0.15, -0.1) is 12.4 Å². The number of sulfonamides is 1. The van der Waals surface area contributed by atoms with Crippen LogP contribution in [0.25, 0.3) is 0 Å². The van der Waals surface area contributed by atoms with Crippen LogP contribution in [-0.2, 0) is 10.0 Å². The van der Waals surface area contributed by atoms with E-state index in [-0.39, 0.29) is 23.7 Å². The average molecular weight is 283 g/mol. The lowest BCUT2D eigenvalue weighted by molar-refractivity contribution is 0.277. The third kappa shape index (κ3) is 3.34. The first-order chi connectivity index (χ1) is 7.62. The molecule has 0 radical (unpaired) electrons. The number of hydrogen-bond donors (Lipinski definition) is 1. The minimum absolute atomic E-state index is 0. The summed E-state index contributed by atoms with van der Waals surface area (Å²) in [4.78, 5) is 0. The van der Waals surface area contributed by atoms with Crippen molar-refractivity contribution in [3.05, 3.63) is 0 Å². The van der Waals surface area contributed by atoms with Gasteiger partial charge in [-0.2, -0.15) is 4.31 Å². The largest absolute Gasteiger partial charge is 0.314 e. The molecule has 2 fully saturated rings. The van der Waals surface area contributed by atoms with Crippen LogP contribution >= 0.6 is 12.4 Å². The number of halogens is 1. The Kier molecular flexibility index (Phi) is 5.70. The summed E-state index contributed by atoms with van der Waals surface area (Å²) in [6.07, 6.45) is 5.07. The standard InChI is InChI=1S/C11H22N2O2S.ClH/c1-10-9-12-7-8-13(10)16(14,15)11-5-3-2-4-6-11;/h10-12H,2-9H2,1H3;1H. The van der Waals surface area contributed by atoms with Gasteiger partial charge >= 0.3 is 0 Å². The first kappa shape index (κ1) is 15.2. The van der Waals surface area contributed by atoms with Gasteiger partial charge in [0, 0.05) is 25.7 Å². The number of hydrogen-bond acceptors (Lipinski definition) is 3. The molecule has 1 N–H and O–H groups in total. The first-order valence-electron chi connectivity index (χ1n) is 6.34. The molecule has 0 aromatic rings. The Morgan fingerprint density at radius 3 is 2.41 bits per heavy atom. The Morgan fingerprint density at radius 2 is 1.82 bits per heavy atom. The Hall–Kier alpha value is 0.160. The molecule has 1 aliphatic heterocycles. The third-order valence-electron chi connectivity index (χ3n) is 3.74. The van der Waals surface area contributed by atoms with Crippen molar-refractivity contribution in [2.45, 2.75) is 50.3 Å². The first-order valence-corrected chi connectivity index (χ1v) is 7.84. The number of nitrogens with zero attached hydrogens (tertiary/aromatic N) is 1. The zero-order valence-corrected chi connectivity index (χ0v) is 12.0.